The van der Waals surface area contributed by atoms with E-state index in [1.54, 1.807) is 0 Å². The van der Waals surface area contributed by atoms with E-state index < -0.39 is 0 Å². The van der Waals surface area contributed by atoms with E-state index in [1.807, 2.05) is 0 Å². The molecule has 0 aromatic rings. The van der Waals surface area contributed by atoms with Crippen LogP contribution in [0, 0.1) is 29.1 Å². The predicted octanol–water partition coefficient (Wildman–Crippen LogP) is 2.44. The van der Waals surface area contributed by atoms with Crippen molar-refractivity contribution in [2.75, 3.05) is 6.61 Å². The molecule has 1 N–H and O–H groups in total. The summed E-state index contributed by atoms with van der Waals surface area (Å²) >= 11 is 0. The highest BCUT2D eigenvalue weighted by Crippen LogP contribution is 2.61. The summed E-state index contributed by atoms with van der Waals surface area (Å²) in [5, 5.41) is 9.44. The Labute approximate surface area is 80.5 Å². The molecule has 1 nitrogen and oxygen atoms in total. The smallest absolute Gasteiger partial charge is 0.0484 e. The molecule has 5 unspecified atom stereocenters. The minimum Gasteiger partial charge on any atom is -0.396 e. The van der Waals surface area contributed by atoms with Crippen LogP contribution < -0.4 is 0 Å². The maximum Gasteiger partial charge on any atom is 0.0484 e. The molecule has 13 heavy (non-hydrogen) atoms. The lowest BCUT2D eigenvalue weighted by molar-refractivity contribution is 0.0189. The van der Waals surface area contributed by atoms with Crippen molar-refractivity contribution >= 4 is 0 Å². The summed E-state index contributed by atoms with van der Waals surface area (Å²) in [6, 6.07) is 0. The van der Waals surface area contributed by atoms with E-state index in [0.29, 0.717) is 6.61 Å². The molecule has 0 saturated heterocycles. The van der Waals surface area contributed by atoms with Crippen molar-refractivity contribution in [1.29, 1.82) is 0 Å². The summed E-state index contributed by atoms with van der Waals surface area (Å²) in [7, 11) is 0. The highest BCUT2D eigenvalue weighted by atomic mass is 16.3. The molecule has 0 aromatic carbocycles. The Kier molecular flexibility index (Phi) is 1.59. The van der Waals surface area contributed by atoms with Gasteiger partial charge < -0.3 is 5.11 Å². The van der Waals surface area contributed by atoms with E-state index in [-0.39, 0.29) is 5.41 Å². The monoisotopic (exact) mass is 180 g/mol. The van der Waals surface area contributed by atoms with Gasteiger partial charge in [-0.05, 0) is 61.2 Å². The molecule has 1 heteroatoms. The van der Waals surface area contributed by atoms with Crippen LogP contribution in [-0.2, 0) is 0 Å². The van der Waals surface area contributed by atoms with E-state index in [4.69, 9.17) is 0 Å². The van der Waals surface area contributed by atoms with Gasteiger partial charge in [0, 0.05) is 6.61 Å². The molecule has 0 aromatic heterocycles. The fraction of sp³-hybridized carbons (Fsp3) is 1.00. The van der Waals surface area contributed by atoms with Crippen molar-refractivity contribution in [3.8, 4) is 0 Å². The van der Waals surface area contributed by atoms with Crippen LogP contribution in [0.5, 0.6) is 0 Å². The number of aliphatic hydroxyl groups excluding tert-OH is 1. The number of rotatable bonds is 1. The highest BCUT2D eigenvalue weighted by Gasteiger charge is 2.52. The third-order valence-electron chi connectivity index (χ3n) is 4.98. The lowest BCUT2D eigenvalue weighted by Gasteiger charge is -2.45. The van der Waals surface area contributed by atoms with Crippen LogP contribution in [0.2, 0.25) is 0 Å². The van der Waals surface area contributed by atoms with Crippen molar-refractivity contribution in [3.63, 3.8) is 0 Å². The summed E-state index contributed by atoms with van der Waals surface area (Å²) < 4.78 is 0. The third kappa shape index (κ3) is 1.09. The molecule has 0 amide bonds. The molecule has 2 bridgehead atoms. The Morgan fingerprint density at radius 2 is 2.00 bits per heavy atom. The Morgan fingerprint density at radius 1 is 1.15 bits per heavy atom. The van der Waals surface area contributed by atoms with Crippen LogP contribution >= 0.6 is 0 Å². The zero-order valence-corrected chi connectivity index (χ0v) is 8.50. The summed E-state index contributed by atoms with van der Waals surface area (Å²) in [4.78, 5) is 0. The first-order valence-corrected chi connectivity index (χ1v) is 5.81. The van der Waals surface area contributed by atoms with Gasteiger partial charge in [-0.15, -0.1) is 0 Å². The molecule has 0 radical (unpaired) electrons. The second-order valence-corrected chi connectivity index (χ2v) is 6.13. The number of aliphatic hydroxyl groups is 1. The van der Waals surface area contributed by atoms with Crippen molar-refractivity contribution < 1.29 is 5.11 Å². The van der Waals surface area contributed by atoms with E-state index in [0.717, 1.165) is 23.7 Å². The Balaban J connectivity index is 1.84. The van der Waals surface area contributed by atoms with Crippen LogP contribution in [0.25, 0.3) is 0 Å². The number of hydrogen-bond acceptors (Lipinski definition) is 1. The van der Waals surface area contributed by atoms with Gasteiger partial charge in [0.05, 0.1) is 0 Å². The first kappa shape index (κ1) is 8.28. The van der Waals surface area contributed by atoms with Crippen LogP contribution in [0.15, 0.2) is 0 Å². The standard InChI is InChI=1S/C12H20O/c1-12(7-13)5-8-2-9-4-10(6-12)11(9)3-8/h8-11,13H,2-7H2,1H3. The van der Waals surface area contributed by atoms with E-state index >= 15 is 0 Å². The number of hydrogen-bond donors (Lipinski definition) is 1. The summed E-state index contributed by atoms with van der Waals surface area (Å²) in [6.07, 6.45) is 7.06. The van der Waals surface area contributed by atoms with Gasteiger partial charge in [-0.2, -0.15) is 0 Å². The minimum absolute atomic E-state index is 0.273. The zero-order chi connectivity index (χ0) is 9.05. The van der Waals surface area contributed by atoms with E-state index in [2.05, 4.69) is 6.92 Å². The summed E-state index contributed by atoms with van der Waals surface area (Å²) in [5.74, 6) is 4.10. The topological polar surface area (TPSA) is 20.2 Å². The fourth-order valence-electron chi connectivity index (χ4n) is 4.44. The molecule has 0 aliphatic heterocycles. The third-order valence-corrected chi connectivity index (χ3v) is 4.98. The predicted molar refractivity (Wildman–Crippen MR) is 52.2 cm³/mol. The second kappa shape index (κ2) is 2.50. The highest BCUT2D eigenvalue weighted by molar-refractivity contribution is 5.02. The van der Waals surface area contributed by atoms with Gasteiger partial charge in [-0.1, -0.05) is 6.92 Å². The maximum absolute atomic E-state index is 9.44. The van der Waals surface area contributed by atoms with Crippen molar-refractivity contribution in [3.05, 3.63) is 0 Å². The lowest BCUT2D eigenvalue weighted by atomic mass is 9.60. The van der Waals surface area contributed by atoms with Crippen molar-refractivity contribution in [2.24, 2.45) is 29.1 Å². The van der Waals surface area contributed by atoms with Gasteiger partial charge in [0.2, 0.25) is 0 Å². The molecule has 0 spiro atoms. The Bertz CT molecular complexity index is 219. The first-order chi connectivity index (χ1) is 6.20. The van der Waals surface area contributed by atoms with Crippen molar-refractivity contribution in [1.82, 2.24) is 0 Å². The average Bonchev–Trinajstić information content (AvgIpc) is 2.32. The Hall–Kier alpha value is -0.0400. The van der Waals surface area contributed by atoms with Crippen molar-refractivity contribution in [2.45, 2.75) is 39.0 Å². The zero-order valence-electron chi connectivity index (χ0n) is 8.50. The molecular formula is C12H20O. The molecule has 74 valence electrons. The average molecular weight is 180 g/mol. The van der Waals surface area contributed by atoms with Crippen LogP contribution in [0.1, 0.15) is 39.0 Å². The SMILES string of the molecule is CC1(CO)CC2CC3CC(C1)C3C2. The molecule has 3 aliphatic carbocycles. The van der Waals surface area contributed by atoms with Crippen LogP contribution in [0.4, 0.5) is 0 Å². The molecule has 3 saturated carbocycles. The molecule has 0 heterocycles. The van der Waals surface area contributed by atoms with Gasteiger partial charge in [-0.25, -0.2) is 0 Å². The van der Waals surface area contributed by atoms with Crippen LogP contribution in [-0.4, -0.2) is 11.7 Å². The molecule has 3 fully saturated rings. The molecule has 3 aliphatic rings. The quantitative estimate of drug-likeness (QED) is 0.657. The normalized spacial score (nSPS) is 58.6. The Morgan fingerprint density at radius 3 is 2.77 bits per heavy atom. The van der Waals surface area contributed by atoms with Gasteiger partial charge in [0.1, 0.15) is 0 Å². The second-order valence-electron chi connectivity index (χ2n) is 6.13. The fourth-order valence-corrected chi connectivity index (χ4v) is 4.44. The molecular weight excluding hydrogens is 160 g/mol. The molecule has 5 atom stereocenters. The van der Waals surface area contributed by atoms with Gasteiger partial charge >= 0.3 is 0 Å². The minimum atomic E-state index is 0.273. The van der Waals surface area contributed by atoms with Crippen LogP contribution in [0.3, 0.4) is 0 Å². The van der Waals surface area contributed by atoms with Gasteiger partial charge in [-0.3, -0.25) is 0 Å². The maximum atomic E-state index is 9.44. The molecule has 3 rings (SSSR count). The van der Waals surface area contributed by atoms with Gasteiger partial charge in [0.25, 0.3) is 0 Å². The summed E-state index contributed by atoms with van der Waals surface area (Å²) in [6.45, 7) is 2.71. The summed E-state index contributed by atoms with van der Waals surface area (Å²) in [5.41, 5.74) is 0.273. The van der Waals surface area contributed by atoms with E-state index in [1.165, 1.54) is 32.1 Å². The van der Waals surface area contributed by atoms with Gasteiger partial charge in [0.15, 0.2) is 0 Å². The lowest BCUT2D eigenvalue weighted by Crippen LogP contribution is -2.38. The number of fused-ring (bicyclic) bond motifs is 1. The first-order valence-electron chi connectivity index (χ1n) is 5.81. The largest absolute Gasteiger partial charge is 0.396 e. The van der Waals surface area contributed by atoms with E-state index in [9.17, 15) is 5.11 Å².